The first kappa shape index (κ1) is 20.2. The number of amides is 2. The van der Waals surface area contributed by atoms with Gasteiger partial charge in [-0.05, 0) is 19.1 Å². The van der Waals surface area contributed by atoms with Crippen LogP contribution in [0, 0.1) is 0 Å². The van der Waals surface area contributed by atoms with Gasteiger partial charge in [-0.2, -0.15) is 0 Å². The van der Waals surface area contributed by atoms with E-state index >= 15 is 0 Å². The van der Waals surface area contributed by atoms with Crippen molar-refractivity contribution in [1.29, 1.82) is 0 Å². The van der Waals surface area contributed by atoms with E-state index < -0.39 is 5.97 Å². The standard InChI is InChI=1S/C20H23N5O4/c1-3-29-20(28)15-6-4-5-7-16(15)23-18-13-21-17(12-22-18)19(27)25-10-8-24(9-11-25)14(2)26/h4-7,12-13H,3,8-11H2,1-2H3,(H,22,23). The molecule has 9 heteroatoms. The summed E-state index contributed by atoms with van der Waals surface area (Å²) in [5.74, 6) is -0.241. The van der Waals surface area contributed by atoms with Crippen molar-refractivity contribution in [3.8, 4) is 0 Å². The van der Waals surface area contributed by atoms with Gasteiger partial charge in [-0.25, -0.2) is 14.8 Å². The second-order valence-electron chi connectivity index (χ2n) is 6.48. The number of anilines is 2. The van der Waals surface area contributed by atoms with E-state index in [1.807, 2.05) is 0 Å². The van der Waals surface area contributed by atoms with Gasteiger partial charge in [-0.1, -0.05) is 12.1 Å². The van der Waals surface area contributed by atoms with Crippen molar-refractivity contribution < 1.29 is 19.1 Å². The zero-order valence-electron chi connectivity index (χ0n) is 16.4. The van der Waals surface area contributed by atoms with Crippen molar-refractivity contribution in [2.24, 2.45) is 0 Å². The number of para-hydroxylation sites is 1. The molecule has 0 radical (unpaired) electrons. The molecule has 9 nitrogen and oxygen atoms in total. The highest BCUT2D eigenvalue weighted by atomic mass is 16.5. The Morgan fingerprint density at radius 3 is 2.34 bits per heavy atom. The molecule has 1 aliphatic rings. The third kappa shape index (κ3) is 4.87. The number of ether oxygens (including phenoxy) is 1. The molecule has 2 heterocycles. The van der Waals surface area contributed by atoms with Crippen LogP contribution in [0.15, 0.2) is 36.7 Å². The molecule has 1 aromatic carbocycles. The first-order valence-corrected chi connectivity index (χ1v) is 9.39. The van der Waals surface area contributed by atoms with Crippen LogP contribution >= 0.6 is 0 Å². The lowest BCUT2D eigenvalue weighted by Crippen LogP contribution is -2.50. The molecule has 0 unspecified atom stereocenters. The summed E-state index contributed by atoms with van der Waals surface area (Å²) >= 11 is 0. The van der Waals surface area contributed by atoms with Crippen LogP contribution in [0.3, 0.4) is 0 Å². The molecule has 1 aromatic heterocycles. The molecule has 2 amide bonds. The van der Waals surface area contributed by atoms with E-state index in [2.05, 4.69) is 15.3 Å². The Morgan fingerprint density at radius 2 is 1.72 bits per heavy atom. The van der Waals surface area contributed by atoms with E-state index in [1.54, 1.807) is 41.0 Å². The molecule has 1 saturated heterocycles. The number of nitrogens with one attached hydrogen (secondary N) is 1. The molecule has 0 aliphatic carbocycles. The zero-order chi connectivity index (χ0) is 20.8. The van der Waals surface area contributed by atoms with Crippen molar-refractivity contribution >= 4 is 29.3 Å². The number of esters is 1. The molecule has 152 valence electrons. The van der Waals surface area contributed by atoms with Gasteiger partial charge >= 0.3 is 5.97 Å². The lowest BCUT2D eigenvalue weighted by atomic mass is 10.2. The molecular formula is C20H23N5O4. The second-order valence-corrected chi connectivity index (χ2v) is 6.48. The quantitative estimate of drug-likeness (QED) is 0.766. The Balaban J connectivity index is 1.66. The third-order valence-electron chi connectivity index (χ3n) is 4.57. The summed E-state index contributed by atoms with van der Waals surface area (Å²) in [5.41, 5.74) is 1.16. The first-order chi connectivity index (χ1) is 14.0. The predicted octanol–water partition coefficient (Wildman–Crippen LogP) is 1.70. The highest BCUT2D eigenvalue weighted by Gasteiger charge is 2.24. The molecule has 3 rings (SSSR count). The van der Waals surface area contributed by atoms with Crippen molar-refractivity contribution in [2.45, 2.75) is 13.8 Å². The summed E-state index contributed by atoms with van der Waals surface area (Å²) in [6, 6.07) is 6.93. The number of carbonyl (C=O) groups excluding carboxylic acids is 3. The van der Waals surface area contributed by atoms with Gasteiger partial charge in [0.05, 0.1) is 30.3 Å². The van der Waals surface area contributed by atoms with Gasteiger partial charge in [-0.3, -0.25) is 9.59 Å². The van der Waals surface area contributed by atoms with Crippen LogP contribution in [0.2, 0.25) is 0 Å². The number of nitrogens with zero attached hydrogens (tertiary/aromatic N) is 4. The zero-order valence-corrected chi connectivity index (χ0v) is 16.4. The molecular weight excluding hydrogens is 374 g/mol. The summed E-state index contributed by atoms with van der Waals surface area (Å²) < 4.78 is 5.06. The van der Waals surface area contributed by atoms with Crippen LogP contribution in [-0.2, 0) is 9.53 Å². The number of carbonyl (C=O) groups is 3. The van der Waals surface area contributed by atoms with Crippen LogP contribution in [0.25, 0.3) is 0 Å². The number of hydrogen-bond donors (Lipinski definition) is 1. The van der Waals surface area contributed by atoms with Gasteiger partial charge < -0.3 is 19.9 Å². The fourth-order valence-corrected chi connectivity index (χ4v) is 3.01. The molecule has 1 aliphatic heterocycles. The summed E-state index contributed by atoms with van der Waals surface area (Å²) in [5, 5.41) is 3.03. The second kappa shape index (κ2) is 9.13. The highest BCUT2D eigenvalue weighted by molar-refractivity contribution is 5.96. The van der Waals surface area contributed by atoms with Crippen molar-refractivity contribution in [3.63, 3.8) is 0 Å². The number of piperazine rings is 1. The van der Waals surface area contributed by atoms with Gasteiger partial charge in [0.2, 0.25) is 5.91 Å². The van der Waals surface area contributed by atoms with Crippen molar-refractivity contribution in [3.05, 3.63) is 47.9 Å². The Hall–Kier alpha value is -3.49. The minimum absolute atomic E-state index is 0.00965. The topological polar surface area (TPSA) is 105 Å². The van der Waals surface area contributed by atoms with Crippen LogP contribution in [0.4, 0.5) is 11.5 Å². The predicted molar refractivity (Wildman–Crippen MR) is 106 cm³/mol. The lowest BCUT2D eigenvalue weighted by molar-refractivity contribution is -0.130. The number of hydrogen-bond acceptors (Lipinski definition) is 7. The maximum atomic E-state index is 12.6. The monoisotopic (exact) mass is 397 g/mol. The minimum Gasteiger partial charge on any atom is -0.462 e. The molecule has 1 N–H and O–H groups in total. The average molecular weight is 397 g/mol. The van der Waals surface area contributed by atoms with Gasteiger partial charge in [-0.15, -0.1) is 0 Å². The van der Waals surface area contributed by atoms with E-state index in [0.717, 1.165) is 0 Å². The molecule has 0 spiro atoms. The molecule has 29 heavy (non-hydrogen) atoms. The normalized spacial score (nSPS) is 13.7. The van der Waals surface area contributed by atoms with E-state index in [0.29, 0.717) is 43.2 Å². The van der Waals surface area contributed by atoms with Crippen LogP contribution in [0.1, 0.15) is 34.7 Å². The fraction of sp³-hybridized carbons (Fsp3) is 0.350. The fourth-order valence-electron chi connectivity index (χ4n) is 3.01. The first-order valence-electron chi connectivity index (χ1n) is 9.39. The highest BCUT2D eigenvalue weighted by Crippen LogP contribution is 2.20. The van der Waals surface area contributed by atoms with Crippen molar-refractivity contribution in [1.82, 2.24) is 19.8 Å². The largest absolute Gasteiger partial charge is 0.462 e. The maximum absolute atomic E-state index is 12.6. The van der Waals surface area contributed by atoms with E-state index in [4.69, 9.17) is 4.74 Å². The van der Waals surface area contributed by atoms with Gasteiger partial charge in [0, 0.05) is 33.1 Å². The third-order valence-corrected chi connectivity index (χ3v) is 4.57. The molecule has 1 fully saturated rings. The number of aromatic nitrogens is 2. The van der Waals surface area contributed by atoms with Gasteiger partial charge in [0.25, 0.3) is 5.91 Å². The summed E-state index contributed by atoms with van der Waals surface area (Å²) in [4.78, 5) is 47.9. The molecule has 2 aromatic rings. The summed E-state index contributed by atoms with van der Waals surface area (Å²) in [6.07, 6.45) is 2.84. The lowest BCUT2D eigenvalue weighted by Gasteiger charge is -2.33. The SMILES string of the molecule is CCOC(=O)c1ccccc1Nc1cnc(C(=O)N2CCN(C(C)=O)CC2)cn1. The minimum atomic E-state index is -0.430. The maximum Gasteiger partial charge on any atom is 0.340 e. The summed E-state index contributed by atoms with van der Waals surface area (Å²) in [7, 11) is 0. The average Bonchev–Trinajstić information content (AvgIpc) is 2.74. The van der Waals surface area contributed by atoms with Gasteiger partial charge in [0.1, 0.15) is 11.5 Å². The number of benzene rings is 1. The van der Waals surface area contributed by atoms with Crippen LogP contribution < -0.4 is 5.32 Å². The Kier molecular flexibility index (Phi) is 6.38. The van der Waals surface area contributed by atoms with E-state index in [9.17, 15) is 14.4 Å². The van der Waals surface area contributed by atoms with Crippen LogP contribution in [-0.4, -0.2) is 70.3 Å². The Labute approximate surface area is 168 Å². The number of rotatable bonds is 5. The Bertz CT molecular complexity index is 892. The van der Waals surface area contributed by atoms with Crippen LogP contribution in [0.5, 0.6) is 0 Å². The summed E-state index contributed by atoms with van der Waals surface area (Å²) in [6.45, 7) is 5.51. The smallest absolute Gasteiger partial charge is 0.340 e. The van der Waals surface area contributed by atoms with Crippen molar-refractivity contribution in [2.75, 3.05) is 38.1 Å². The molecule has 0 saturated carbocycles. The van der Waals surface area contributed by atoms with E-state index in [1.165, 1.54) is 19.3 Å². The van der Waals surface area contributed by atoms with Gasteiger partial charge in [0.15, 0.2) is 0 Å². The molecule has 0 bridgehead atoms. The van der Waals surface area contributed by atoms with E-state index in [-0.39, 0.29) is 24.1 Å². The Morgan fingerprint density at radius 1 is 1.03 bits per heavy atom. The molecule has 0 atom stereocenters.